The van der Waals surface area contributed by atoms with Crippen molar-refractivity contribution < 1.29 is 4.79 Å². The Bertz CT molecular complexity index is 380. The van der Waals surface area contributed by atoms with E-state index in [1.54, 1.807) is 0 Å². The summed E-state index contributed by atoms with van der Waals surface area (Å²) in [6.45, 7) is 3.12. The van der Waals surface area contributed by atoms with Gasteiger partial charge in [-0.25, -0.2) is 0 Å². The molecular formula is C15H22N2O. The molecule has 1 amide bonds. The van der Waals surface area contributed by atoms with E-state index >= 15 is 0 Å². The van der Waals surface area contributed by atoms with E-state index in [2.05, 4.69) is 29.7 Å². The van der Waals surface area contributed by atoms with E-state index < -0.39 is 0 Å². The summed E-state index contributed by atoms with van der Waals surface area (Å²) in [4.78, 5) is 12.0. The zero-order valence-corrected chi connectivity index (χ0v) is 11.0. The normalized spacial score (nSPS) is 19.5. The van der Waals surface area contributed by atoms with Crippen LogP contribution >= 0.6 is 0 Å². The maximum Gasteiger partial charge on any atom is 0.241 e. The van der Waals surface area contributed by atoms with E-state index in [-0.39, 0.29) is 11.9 Å². The minimum Gasteiger partial charge on any atom is -0.325 e. The van der Waals surface area contributed by atoms with E-state index in [0.717, 1.165) is 37.9 Å². The highest BCUT2D eigenvalue weighted by molar-refractivity contribution is 5.94. The second-order valence-corrected chi connectivity index (χ2v) is 4.94. The lowest BCUT2D eigenvalue weighted by molar-refractivity contribution is -0.118. The van der Waals surface area contributed by atoms with Gasteiger partial charge in [-0.15, -0.1) is 0 Å². The third kappa shape index (κ3) is 3.57. The van der Waals surface area contributed by atoms with Crippen LogP contribution in [0.2, 0.25) is 0 Å². The van der Waals surface area contributed by atoms with Gasteiger partial charge in [0.2, 0.25) is 5.91 Å². The zero-order valence-electron chi connectivity index (χ0n) is 11.0. The predicted octanol–water partition coefficient (Wildman–Crippen LogP) is 2.72. The van der Waals surface area contributed by atoms with Gasteiger partial charge in [0, 0.05) is 5.69 Å². The molecule has 0 aromatic heterocycles. The van der Waals surface area contributed by atoms with Gasteiger partial charge in [0.05, 0.1) is 6.04 Å². The van der Waals surface area contributed by atoms with Crippen LogP contribution in [0.4, 0.5) is 5.69 Å². The zero-order chi connectivity index (χ0) is 12.8. The summed E-state index contributed by atoms with van der Waals surface area (Å²) in [6, 6.07) is 8.15. The number of aryl methyl sites for hydroxylation is 1. The van der Waals surface area contributed by atoms with Crippen molar-refractivity contribution in [2.24, 2.45) is 0 Å². The lowest BCUT2D eigenvalue weighted by Crippen LogP contribution is -2.43. The summed E-state index contributed by atoms with van der Waals surface area (Å²) >= 11 is 0. The second kappa shape index (κ2) is 6.55. The van der Waals surface area contributed by atoms with Gasteiger partial charge in [0.15, 0.2) is 0 Å². The molecule has 1 aliphatic rings. The summed E-state index contributed by atoms with van der Waals surface area (Å²) in [5.74, 6) is 0.0953. The summed E-state index contributed by atoms with van der Waals surface area (Å²) in [7, 11) is 0. The summed E-state index contributed by atoms with van der Waals surface area (Å²) in [5, 5.41) is 6.24. The molecular weight excluding hydrogens is 224 g/mol. The van der Waals surface area contributed by atoms with Gasteiger partial charge >= 0.3 is 0 Å². The Hall–Kier alpha value is -1.35. The highest BCUT2D eigenvalue weighted by atomic mass is 16.2. The number of amides is 1. The van der Waals surface area contributed by atoms with Crippen molar-refractivity contribution in [1.82, 2.24) is 5.32 Å². The first-order chi connectivity index (χ1) is 8.79. The molecule has 1 heterocycles. The minimum atomic E-state index is -0.0194. The number of piperidine rings is 1. The van der Waals surface area contributed by atoms with Crippen LogP contribution in [0.5, 0.6) is 0 Å². The predicted molar refractivity (Wildman–Crippen MR) is 74.7 cm³/mol. The molecule has 1 aromatic carbocycles. The topological polar surface area (TPSA) is 41.1 Å². The van der Waals surface area contributed by atoms with Crippen LogP contribution in [0, 0.1) is 0 Å². The number of carbonyl (C=O) groups is 1. The Morgan fingerprint density at radius 1 is 1.33 bits per heavy atom. The SMILES string of the molecule is CCCc1ccc(NC(=O)[C@H]2CCCCN2)cc1. The number of carbonyl (C=O) groups excluding carboxylic acids is 1. The first-order valence-electron chi connectivity index (χ1n) is 6.93. The standard InChI is InChI=1S/C15H22N2O/c1-2-5-12-7-9-13(10-8-12)17-15(18)14-6-3-4-11-16-14/h7-10,14,16H,2-6,11H2,1H3,(H,17,18)/t14-/m1/s1. The van der Waals surface area contributed by atoms with Gasteiger partial charge in [-0.05, 0) is 43.5 Å². The average Bonchev–Trinajstić information content (AvgIpc) is 2.42. The maximum atomic E-state index is 12.0. The van der Waals surface area contributed by atoms with Gasteiger partial charge in [-0.2, -0.15) is 0 Å². The van der Waals surface area contributed by atoms with Crippen LogP contribution in [-0.2, 0) is 11.2 Å². The smallest absolute Gasteiger partial charge is 0.241 e. The first-order valence-corrected chi connectivity index (χ1v) is 6.93. The van der Waals surface area contributed by atoms with Crippen molar-refractivity contribution in [3.05, 3.63) is 29.8 Å². The van der Waals surface area contributed by atoms with Crippen LogP contribution < -0.4 is 10.6 Å². The van der Waals surface area contributed by atoms with Gasteiger partial charge < -0.3 is 10.6 Å². The van der Waals surface area contributed by atoms with Gasteiger partial charge in [-0.3, -0.25) is 4.79 Å². The molecule has 0 saturated carbocycles. The Morgan fingerprint density at radius 3 is 2.72 bits per heavy atom. The first kappa shape index (κ1) is 13.1. The highest BCUT2D eigenvalue weighted by Gasteiger charge is 2.20. The maximum absolute atomic E-state index is 12.0. The van der Waals surface area contributed by atoms with Crippen LogP contribution in [-0.4, -0.2) is 18.5 Å². The molecule has 3 nitrogen and oxygen atoms in total. The van der Waals surface area contributed by atoms with Crippen molar-refractivity contribution in [2.75, 3.05) is 11.9 Å². The van der Waals surface area contributed by atoms with Gasteiger partial charge in [-0.1, -0.05) is 31.9 Å². The van der Waals surface area contributed by atoms with Crippen molar-refractivity contribution in [3.63, 3.8) is 0 Å². The fraction of sp³-hybridized carbons (Fsp3) is 0.533. The third-order valence-electron chi connectivity index (χ3n) is 3.39. The number of hydrogen-bond donors (Lipinski definition) is 2. The molecule has 0 aliphatic carbocycles. The number of nitrogens with one attached hydrogen (secondary N) is 2. The van der Waals surface area contributed by atoms with Crippen LogP contribution in [0.3, 0.4) is 0 Å². The molecule has 0 radical (unpaired) electrons. The van der Waals surface area contributed by atoms with Crippen molar-refractivity contribution in [1.29, 1.82) is 0 Å². The van der Waals surface area contributed by atoms with E-state index in [4.69, 9.17) is 0 Å². The Labute approximate surface area is 109 Å². The second-order valence-electron chi connectivity index (χ2n) is 4.94. The minimum absolute atomic E-state index is 0.0194. The Balaban J connectivity index is 1.89. The highest BCUT2D eigenvalue weighted by Crippen LogP contribution is 2.13. The van der Waals surface area contributed by atoms with Crippen LogP contribution in [0.25, 0.3) is 0 Å². The molecule has 2 N–H and O–H groups in total. The number of benzene rings is 1. The molecule has 0 bridgehead atoms. The van der Waals surface area contributed by atoms with Gasteiger partial charge in [0.25, 0.3) is 0 Å². The van der Waals surface area contributed by atoms with Crippen LogP contribution in [0.15, 0.2) is 24.3 Å². The van der Waals surface area contributed by atoms with E-state index in [1.165, 1.54) is 12.0 Å². The van der Waals surface area contributed by atoms with Crippen molar-refractivity contribution >= 4 is 11.6 Å². The fourth-order valence-electron chi connectivity index (χ4n) is 2.35. The monoisotopic (exact) mass is 246 g/mol. The molecule has 3 heteroatoms. The molecule has 1 aliphatic heterocycles. The molecule has 98 valence electrons. The Morgan fingerprint density at radius 2 is 2.11 bits per heavy atom. The molecule has 18 heavy (non-hydrogen) atoms. The largest absolute Gasteiger partial charge is 0.325 e. The number of anilines is 1. The lowest BCUT2D eigenvalue weighted by Gasteiger charge is -2.22. The van der Waals surface area contributed by atoms with Crippen LogP contribution in [0.1, 0.15) is 38.2 Å². The molecule has 1 atom stereocenters. The fourth-order valence-corrected chi connectivity index (χ4v) is 2.35. The third-order valence-corrected chi connectivity index (χ3v) is 3.39. The number of rotatable bonds is 4. The molecule has 0 spiro atoms. The molecule has 1 saturated heterocycles. The molecule has 0 unspecified atom stereocenters. The van der Waals surface area contributed by atoms with E-state index in [9.17, 15) is 4.79 Å². The summed E-state index contributed by atoms with van der Waals surface area (Å²) in [6.07, 6.45) is 5.51. The molecule has 2 rings (SSSR count). The number of hydrogen-bond acceptors (Lipinski definition) is 2. The average molecular weight is 246 g/mol. The quantitative estimate of drug-likeness (QED) is 0.857. The lowest BCUT2D eigenvalue weighted by atomic mass is 10.0. The van der Waals surface area contributed by atoms with Crippen molar-refractivity contribution in [3.8, 4) is 0 Å². The summed E-state index contributed by atoms with van der Waals surface area (Å²) < 4.78 is 0. The molecule has 1 aromatic rings. The molecule has 1 fully saturated rings. The van der Waals surface area contributed by atoms with Crippen molar-refractivity contribution in [2.45, 2.75) is 45.1 Å². The Kier molecular flexibility index (Phi) is 4.76. The van der Waals surface area contributed by atoms with E-state index in [1.807, 2.05) is 12.1 Å². The summed E-state index contributed by atoms with van der Waals surface area (Å²) in [5.41, 5.74) is 2.22. The van der Waals surface area contributed by atoms with Gasteiger partial charge in [0.1, 0.15) is 0 Å². The van der Waals surface area contributed by atoms with E-state index in [0.29, 0.717) is 0 Å².